The number of fused-ring (bicyclic) bond motifs is 1. The largest absolute Gasteiger partial charge is 0.493 e. The summed E-state index contributed by atoms with van der Waals surface area (Å²) in [4.78, 5) is 11.1. The molecule has 1 N–H and O–H groups in total. The second-order valence-electron chi connectivity index (χ2n) is 7.07. The van der Waals surface area contributed by atoms with E-state index < -0.39 is 0 Å². The first-order valence-corrected chi connectivity index (χ1v) is 9.31. The minimum Gasteiger partial charge on any atom is -0.493 e. The highest BCUT2D eigenvalue weighted by Gasteiger charge is 2.29. The van der Waals surface area contributed by atoms with E-state index >= 15 is 0 Å². The van der Waals surface area contributed by atoms with Gasteiger partial charge < -0.3 is 14.5 Å². The lowest BCUT2D eigenvalue weighted by Crippen LogP contribution is -2.23. The number of likely N-dealkylation sites (tertiary alicyclic amines) is 1. The maximum atomic E-state index is 5.45. The Labute approximate surface area is 149 Å². The van der Waals surface area contributed by atoms with Crippen LogP contribution in [0, 0.1) is 0 Å². The highest BCUT2D eigenvalue weighted by Crippen LogP contribution is 2.35. The summed E-state index contributed by atoms with van der Waals surface area (Å²) in [6.45, 7) is 2.03. The average molecular weight is 341 g/mol. The van der Waals surface area contributed by atoms with E-state index in [1.807, 2.05) is 6.07 Å². The van der Waals surface area contributed by atoms with Crippen LogP contribution in [0.2, 0.25) is 0 Å². The topological polar surface area (TPSA) is 50.4 Å². The Hall–Kier alpha value is -2.01. The van der Waals surface area contributed by atoms with Crippen molar-refractivity contribution in [3.8, 4) is 11.5 Å². The van der Waals surface area contributed by atoms with Gasteiger partial charge >= 0.3 is 0 Å². The summed E-state index contributed by atoms with van der Waals surface area (Å²) in [6.07, 6.45) is 7.26. The van der Waals surface area contributed by atoms with Gasteiger partial charge in [-0.25, -0.2) is 4.98 Å². The van der Waals surface area contributed by atoms with Crippen LogP contribution in [0.4, 0.5) is 0 Å². The molecule has 1 aliphatic carbocycles. The first kappa shape index (κ1) is 16.5. The van der Waals surface area contributed by atoms with Crippen LogP contribution in [-0.4, -0.2) is 35.6 Å². The van der Waals surface area contributed by atoms with Crippen LogP contribution in [-0.2, 0) is 19.4 Å². The van der Waals surface area contributed by atoms with Crippen molar-refractivity contribution in [2.45, 2.75) is 51.1 Å². The van der Waals surface area contributed by atoms with Crippen molar-refractivity contribution < 1.29 is 9.47 Å². The molecule has 25 heavy (non-hydrogen) atoms. The zero-order valence-electron chi connectivity index (χ0n) is 15.2. The lowest BCUT2D eigenvalue weighted by Gasteiger charge is -2.23. The minimum absolute atomic E-state index is 0.402. The van der Waals surface area contributed by atoms with E-state index in [2.05, 4.69) is 22.0 Å². The van der Waals surface area contributed by atoms with E-state index in [-0.39, 0.29) is 0 Å². The molecule has 2 aromatic rings. The van der Waals surface area contributed by atoms with E-state index in [0.717, 1.165) is 37.4 Å². The number of nitrogens with one attached hydrogen (secondary N) is 1. The smallest absolute Gasteiger partial charge is 0.161 e. The second kappa shape index (κ2) is 7.08. The Kier molecular flexibility index (Phi) is 4.66. The number of aromatic nitrogens is 2. The van der Waals surface area contributed by atoms with Gasteiger partial charge in [-0.3, -0.25) is 4.90 Å². The molecule has 0 saturated carbocycles. The zero-order valence-corrected chi connectivity index (χ0v) is 15.2. The first-order chi connectivity index (χ1) is 12.3. The molecule has 5 heteroatoms. The Morgan fingerprint density at radius 1 is 1.12 bits per heavy atom. The average Bonchev–Trinajstić information content (AvgIpc) is 3.27. The molecule has 4 rings (SSSR count). The van der Waals surface area contributed by atoms with Crippen molar-refractivity contribution in [2.75, 3.05) is 20.8 Å². The molecule has 0 radical (unpaired) electrons. The van der Waals surface area contributed by atoms with Crippen LogP contribution < -0.4 is 9.47 Å². The van der Waals surface area contributed by atoms with Crippen molar-refractivity contribution in [1.82, 2.24) is 14.9 Å². The van der Waals surface area contributed by atoms with Crippen molar-refractivity contribution >= 4 is 0 Å². The molecule has 0 bridgehead atoms. The summed E-state index contributed by atoms with van der Waals surface area (Å²) in [5.41, 5.74) is 3.93. The number of hydrogen-bond acceptors (Lipinski definition) is 4. The van der Waals surface area contributed by atoms with Gasteiger partial charge in [0.25, 0.3) is 0 Å². The molecule has 134 valence electrons. The summed E-state index contributed by atoms with van der Waals surface area (Å²) >= 11 is 0. The lowest BCUT2D eigenvalue weighted by atomic mass is 10.0. The number of aromatic amines is 1. The Morgan fingerprint density at radius 2 is 1.96 bits per heavy atom. The van der Waals surface area contributed by atoms with Gasteiger partial charge in [-0.15, -0.1) is 0 Å². The van der Waals surface area contributed by atoms with Gasteiger partial charge in [0.15, 0.2) is 11.5 Å². The maximum Gasteiger partial charge on any atom is 0.161 e. The SMILES string of the molecule is COc1ccc(CN2CCC[C@H]2c2nc3c([nH]2)CCCC3)cc1OC. The van der Waals surface area contributed by atoms with E-state index in [1.165, 1.54) is 48.5 Å². The van der Waals surface area contributed by atoms with Crippen LogP contribution in [0.25, 0.3) is 0 Å². The molecule has 2 aliphatic rings. The van der Waals surface area contributed by atoms with Crippen molar-refractivity contribution in [2.24, 2.45) is 0 Å². The molecule has 1 saturated heterocycles. The van der Waals surface area contributed by atoms with E-state index in [4.69, 9.17) is 14.5 Å². The van der Waals surface area contributed by atoms with Gasteiger partial charge in [-0.1, -0.05) is 6.07 Å². The fraction of sp³-hybridized carbons (Fsp3) is 0.550. The van der Waals surface area contributed by atoms with Crippen molar-refractivity contribution in [3.05, 3.63) is 41.0 Å². The standard InChI is InChI=1S/C20H27N3O2/c1-24-18-10-9-14(12-19(18)25-2)13-23-11-5-8-17(23)20-21-15-6-3-4-7-16(15)22-20/h9-10,12,17H,3-8,11,13H2,1-2H3,(H,21,22)/t17-/m0/s1. The fourth-order valence-corrected chi connectivity index (χ4v) is 4.17. The van der Waals surface area contributed by atoms with E-state index in [9.17, 15) is 0 Å². The summed E-state index contributed by atoms with van der Waals surface area (Å²) < 4.78 is 10.8. The molecule has 1 aromatic heterocycles. The molecule has 1 aromatic carbocycles. The van der Waals surface area contributed by atoms with Crippen molar-refractivity contribution in [1.29, 1.82) is 0 Å². The Bertz CT molecular complexity index is 717. The number of ether oxygens (including phenoxy) is 2. The van der Waals surface area contributed by atoms with Gasteiger partial charge in [0.1, 0.15) is 5.82 Å². The minimum atomic E-state index is 0.402. The van der Waals surface area contributed by atoms with E-state index in [0.29, 0.717) is 6.04 Å². The van der Waals surface area contributed by atoms with Crippen LogP contribution in [0.1, 0.15) is 54.5 Å². The van der Waals surface area contributed by atoms with Gasteiger partial charge in [-0.05, 0) is 62.8 Å². The summed E-state index contributed by atoms with van der Waals surface area (Å²) in [6, 6.07) is 6.61. The lowest BCUT2D eigenvalue weighted by molar-refractivity contribution is 0.240. The number of rotatable bonds is 5. The molecular weight excluding hydrogens is 314 g/mol. The first-order valence-electron chi connectivity index (χ1n) is 9.31. The number of H-pyrrole nitrogens is 1. The molecule has 0 unspecified atom stereocenters. The number of imidazole rings is 1. The van der Waals surface area contributed by atoms with Crippen molar-refractivity contribution in [3.63, 3.8) is 0 Å². The number of methoxy groups -OCH3 is 2. The van der Waals surface area contributed by atoms with Gasteiger partial charge in [0.05, 0.1) is 26.0 Å². The third-order valence-corrected chi connectivity index (χ3v) is 5.49. The number of hydrogen-bond donors (Lipinski definition) is 1. The molecule has 0 amide bonds. The zero-order chi connectivity index (χ0) is 17.2. The summed E-state index contributed by atoms with van der Waals surface area (Å²) in [5, 5.41) is 0. The number of aryl methyl sites for hydroxylation is 2. The van der Waals surface area contributed by atoms with Crippen LogP contribution in [0.15, 0.2) is 18.2 Å². The molecule has 2 heterocycles. The van der Waals surface area contributed by atoms with Gasteiger partial charge in [0, 0.05) is 12.2 Å². The number of benzene rings is 1. The normalized spacial score (nSPS) is 20.5. The summed E-state index contributed by atoms with van der Waals surface area (Å²) in [7, 11) is 3.36. The molecule has 0 spiro atoms. The monoisotopic (exact) mass is 341 g/mol. The second-order valence-corrected chi connectivity index (χ2v) is 7.07. The fourth-order valence-electron chi connectivity index (χ4n) is 4.17. The predicted octanol–water partition coefficient (Wildman–Crippen LogP) is 3.64. The van der Waals surface area contributed by atoms with Crippen LogP contribution in [0.5, 0.6) is 11.5 Å². The molecule has 1 atom stereocenters. The molecular formula is C20H27N3O2. The van der Waals surface area contributed by atoms with Crippen LogP contribution in [0.3, 0.4) is 0 Å². The summed E-state index contributed by atoms with van der Waals surface area (Å²) in [5.74, 6) is 2.75. The highest BCUT2D eigenvalue weighted by molar-refractivity contribution is 5.42. The van der Waals surface area contributed by atoms with Gasteiger partial charge in [-0.2, -0.15) is 0 Å². The molecule has 1 aliphatic heterocycles. The molecule has 5 nitrogen and oxygen atoms in total. The Balaban J connectivity index is 1.53. The third kappa shape index (κ3) is 3.25. The maximum absolute atomic E-state index is 5.45. The molecule has 1 fully saturated rings. The quantitative estimate of drug-likeness (QED) is 0.902. The van der Waals surface area contributed by atoms with E-state index in [1.54, 1.807) is 14.2 Å². The highest BCUT2D eigenvalue weighted by atomic mass is 16.5. The van der Waals surface area contributed by atoms with Gasteiger partial charge in [0.2, 0.25) is 0 Å². The Morgan fingerprint density at radius 3 is 2.76 bits per heavy atom. The third-order valence-electron chi connectivity index (χ3n) is 5.49. The predicted molar refractivity (Wildman–Crippen MR) is 97.2 cm³/mol. The number of nitrogens with zero attached hydrogens (tertiary/aromatic N) is 2. The van der Waals surface area contributed by atoms with Crippen LogP contribution >= 0.6 is 0 Å².